The van der Waals surface area contributed by atoms with E-state index in [2.05, 4.69) is 35.7 Å². The lowest BCUT2D eigenvalue weighted by Gasteiger charge is -2.19. The largest absolute Gasteiger partial charge is 0.338 e. The molecule has 142 valence electrons. The summed E-state index contributed by atoms with van der Waals surface area (Å²) in [6, 6.07) is 4.36. The van der Waals surface area contributed by atoms with Crippen LogP contribution in [0, 0.1) is 6.92 Å². The summed E-state index contributed by atoms with van der Waals surface area (Å²) in [5.41, 5.74) is 2.86. The van der Waals surface area contributed by atoms with Gasteiger partial charge in [0.05, 0.1) is 5.69 Å². The molecule has 0 spiro atoms. The number of likely N-dealkylation sites (tertiary alicyclic amines) is 1. The summed E-state index contributed by atoms with van der Waals surface area (Å²) in [5, 5.41) is 2.00. The van der Waals surface area contributed by atoms with E-state index < -0.39 is 0 Å². The van der Waals surface area contributed by atoms with Crippen molar-refractivity contribution in [2.75, 3.05) is 13.1 Å². The highest BCUT2D eigenvalue weighted by atomic mass is 32.1. The summed E-state index contributed by atoms with van der Waals surface area (Å²) in [4.78, 5) is 25.2. The van der Waals surface area contributed by atoms with Crippen molar-refractivity contribution in [1.29, 1.82) is 0 Å². The quantitative estimate of drug-likeness (QED) is 0.636. The summed E-state index contributed by atoms with van der Waals surface area (Å²) < 4.78 is 2.18. The van der Waals surface area contributed by atoms with Gasteiger partial charge in [0.25, 0.3) is 5.91 Å². The van der Waals surface area contributed by atoms with E-state index in [1.807, 2.05) is 24.1 Å². The number of carbonyl (C=O) groups is 1. The van der Waals surface area contributed by atoms with Gasteiger partial charge in [-0.15, -0.1) is 11.3 Å². The summed E-state index contributed by atoms with van der Waals surface area (Å²) in [5.74, 6) is 0.142. The predicted molar refractivity (Wildman–Crippen MR) is 110 cm³/mol. The molecule has 27 heavy (non-hydrogen) atoms. The Kier molecular flexibility index (Phi) is 5.00. The van der Waals surface area contributed by atoms with E-state index in [9.17, 15) is 4.79 Å². The third kappa shape index (κ3) is 3.38. The third-order valence-electron chi connectivity index (χ3n) is 5.26. The first kappa shape index (κ1) is 18.2. The molecule has 0 aliphatic carbocycles. The maximum atomic E-state index is 13.1. The Morgan fingerprint density at radius 2 is 1.93 bits per heavy atom. The topological polar surface area (TPSA) is 51.0 Å². The molecule has 1 aliphatic rings. The molecule has 6 heteroatoms. The number of carbonyl (C=O) groups excluding carboxylic acids is 1. The summed E-state index contributed by atoms with van der Waals surface area (Å²) >= 11 is 1.52. The van der Waals surface area contributed by atoms with Crippen molar-refractivity contribution in [2.45, 2.75) is 52.5 Å². The molecule has 1 fully saturated rings. The van der Waals surface area contributed by atoms with Crippen LogP contribution < -0.4 is 0 Å². The van der Waals surface area contributed by atoms with Crippen LogP contribution in [0.4, 0.5) is 0 Å². The van der Waals surface area contributed by atoms with Crippen molar-refractivity contribution < 1.29 is 4.79 Å². The Morgan fingerprint density at radius 1 is 1.19 bits per heavy atom. The van der Waals surface area contributed by atoms with Gasteiger partial charge in [0.1, 0.15) is 15.5 Å². The fourth-order valence-electron chi connectivity index (χ4n) is 3.77. The number of aryl methyl sites for hydroxylation is 1. The highest BCUT2D eigenvalue weighted by Crippen LogP contribution is 2.35. The minimum absolute atomic E-state index is 0.142. The molecule has 0 radical (unpaired) electrons. The number of hydrogen-bond acceptors (Lipinski definition) is 4. The molecule has 0 atom stereocenters. The van der Waals surface area contributed by atoms with Crippen LogP contribution in [0.15, 0.2) is 24.5 Å². The minimum atomic E-state index is 0.142. The lowest BCUT2D eigenvalue weighted by molar-refractivity contribution is 0.0765. The predicted octanol–water partition coefficient (Wildman–Crippen LogP) is 5.07. The Balaban J connectivity index is 1.73. The number of fused-ring (bicyclic) bond motifs is 1. The standard InChI is InChI=1S/C21H26N4OS/c1-14(2)25-13-17(16-9-8-10-22-19(16)25)20-23-15(3)18(27-20)21(26)24-11-6-4-5-7-12-24/h8-10,13-14H,4-7,11-12H2,1-3H3. The van der Waals surface area contributed by atoms with Crippen LogP contribution in [-0.2, 0) is 0 Å². The van der Waals surface area contributed by atoms with E-state index in [1.165, 1.54) is 24.2 Å². The SMILES string of the molecule is Cc1nc(-c2cn(C(C)C)c3ncccc23)sc1C(=O)N1CCCCCC1. The van der Waals surface area contributed by atoms with Crippen molar-refractivity contribution >= 4 is 28.3 Å². The maximum absolute atomic E-state index is 13.1. The second kappa shape index (κ2) is 7.43. The molecule has 4 heterocycles. The first-order chi connectivity index (χ1) is 13.1. The molecule has 0 N–H and O–H groups in total. The minimum Gasteiger partial charge on any atom is -0.338 e. The van der Waals surface area contributed by atoms with E-state index in [-0.39, 0.29) is 5.91 Å². The number of aromatic nitrogens is 3. The van der Waals surface area contributed by atoms with Crippen LogP contribution >= 0.6 is 11.3 Å². The number of hydrogen-bond donors (Lipinski definition) is 0. The number of thiazole rings is 1. The van der Waals surface area contributed by atoms with Gasteiger partial charge in [0.2, 0.25) is 0 Å². The normalized spacial score (nSPS) is 15.5. The molecule has 3 aromatic heterocycles. The first-order valence-corrected chi connectivity index (χ1v) is 10.6. The van der Waals surface area contributed by atoms with Crippen LogP contribution in [-0.4, -0.2) is 38.4 Å². The van der Waals surface area contributed by atoms with Crippen LogP contribution in [0.5, 0.6) is 0 Å². The molecule has 3 aromatic rings. The van der Waals surface area contributed by atoms with Gasteiger partial charge in [-0.05, 0) is 45.7 Å². The van der Waals surface area contributed by atoms with E-state index in [4.69, 9.17) is 4.98 Å². The number of rotatable bonds is 3. The van der Waals surface area contributed by atoms with E-state index >= 15 is 0 Å². The van der Waals surface area contributed by atoms with Gasteiger partial charge in [-0.25, -0.2) is 9.97 Å². The van der Waals surface area contributed by atoms with Crippen molar-refractivity contribution in [2.24, 2.45) is 0 Å². The molecule has 0 aromatic carbocycles. The Labute approximate surface area is 164 Å². The lowest BCUT2D eigenvalue weighted by Crippen LogP contribution is -2.31. The molecule has 1 amide bonds. The van der Waals surface area contributed by atoms with Gasteiger partial charge in [-0.1, -0.05) is 12.8 Å². The highest BCUT2D eigenvalue weighted by Gasteiger charge is 2.24. The Morgan fingerprint density at radius 3 is 2.63 bits per heavy atom. The molecule has 5 nitrogen and oxygen atoms in total. The number of pyridine rings is 1. The lowest BCUT2D eigenvalue weighted by atomic mass is 10.2. The Bertz CT molecular complexity index is 964. The summed E-state index contributed by atoms with van der Waals surface area (Å²) in [6.45, 7) is 7.98. The van der Waals surface area contributed by atoms with Crippen molar-refractivity contribution in [3.8, 4) is 10.6 Å². The second-order valence-corrected chi connectivity index (χ2v) is 8.56. The first-order valence-electron chi connectivity index (χ1n) is 9.79. The molecule has 1 aliphatic heterocycles. The zero-order valence-electron chi connectivity index (χ0n) is 16.2. The van der Waals surface area contributed by atoms with Crippen LogP contribution in [0.3, 0.4) is 0 Å². The van der Waals surface area contributed by atoms with Gasteiger partial charge in [0.15, 0.2) is 0 Å². The van der Waals surface area contributed by atoms with Gasteiger partial charge in [-0.3, -0.25) is 4.79 Å². The molecule has 4 rings (SSSR count). The molecule has 0 bridgehead atoms. The monoisotopic (exact) mass is 382 g/mol. The van der Waals surface area contributed by atoms with Crippen LogP contribution in [0.25, 0.3) is 21.6 Å². The molecule has 0 saturated carbocycles. The second-order valence-electron chi connectivity index (χ2n) is 7.56. The fraction of sp³-hybridized carbons (Fsp3) is 0.476. The Hall–Kier alpha value is -2.21. The van der Waals surface area contributed by atoms with Crippen molar-refractivity contribution in [1.82, 2.24) is 19.4 Å². The van der Waals surface area contributed by atoms with E-state index in [0.717, 1.165) is 58.1 Å². The van der Waals surface area contributed by atoms with Crippen LogP contribution in [0.1, 0.15) is 60.9 Å². The van der Waals surface area contributed by atoms with Crippen LogP contribution in [0.2, 0.25) is 0 Å². The zero-order chi connectivity index (χ0) is 19.0. The molecular weight excluding hydrogens is 356 g/mol. The maximum Gasteiger partial charge on any atom is 0.265 e. The van der Waals surface area contributed by atoms with Crippen molar-refractivity contribution in [3.05, 3.63) is 35.1 Å². The van der Waals surface area contributed by atoms with Gasteiger partial charge >= 0.3 is 0 Å². The molecular formula is C21H26N4OS. The number of amides is 1. The molecule has 0 unspecified atom stereocenters. The smallest absolute Gasteiger partial charge is 0.265 e. The highest BCUT2D eigenvalue weighted by molar-refractivity contribution is 7.17. The third-order valence-corrected chi connectivity index (χ3v) is 6.44. The van der Waals surface area contributed by atoms with Gasteiger partial charge < -0.3 is 9.47 Å². The average Bonchev–Trinajstić information content (AvgIpc) is 3.11. The zero-order valence-corrected chi connectivity index (χ0v) is 17.1. The van der Waals surface area contributed by atoms with Gasteiger partial charge in [0, 0.05) is 42.5 Å². The molecule has 1 saturated heterocycles. The number of nitrogens with zero attached hydrogens (tertiary/aromatic N) is 4. The summed E-state index contributed by atoms with van der Waals surface area (Å²) in [6.07, 6.45) is 8.60. The van der Waals surface area contributed by atoms with E-state index in [1.54, 1.807) is 0 Å². The fourth-order valence-corrected chi connectivity index (χ4v) is 4.83. The summed E-state index contributed by atoms with van der Waals surface area (Å²) in [7, 11) is 0. The van der Waals surface area contributed by atoms with Gasteiger partial charge in [-0.2, -0.15) is 0 Å². The van der Waals surface area contributed by atoms with E-state index in [0.29, 0.717) is 6.04 Å². The average molecular weight is 383 g/mol. The van der Waals surface area contributed by atoms with Crippen molar-refractivity contribution in [3.63, 3.8) is 0 Å².